The van der Waals surface area contributed by atoms with Crippen LogP contribution in [0.15, 0.2) is 24.3 Å². The van der Waals surface area contributed by atoms with Crippen molar-refractivity contribution in [3.8, 4) is 0 Å². The standard InChI is InChI=1S/C20H33N3O2S/c1-21(26(24,25)22(2)19-9-5-3-6-10-19)17-18-11-13-20(14-12-18)23-15-7-4-8-16-23/h11-14,19H,3-10,15-17H2,1-2H3. The molecule has 1 saturated heterocycles. The number of anilines is 1. The smallest absolute Gasteiger partial charge is 0.282 e. The van der Waals surface area contributed by atoms with E-state index in [1.807, 2.05) is 0 Å². The number of benzene rings is 1. The van der Waals surface area contributed by atoms with E-state index in [-0.39, 0.29) is 6.04 Å². The fourth-order valence-corrected chi connectivity index (χ4v) is 5.50. The first kappa shape index (κ1) is 19.6. The summed E-state index contributed by atoms with van der Waals surface area (Å²) in [4.78, 5) is 2.42. The minimum absolute atomic E-state index is 0.151. The molecular weight excluding hydrogens is 346 g/mol. The highest BCUT2D eigenvalue weighted by Gasteiger charge is 2.30. The van der Waals surface area contributed by atoms with E-state index in [1.165, 1.54) is 35.7 Å². The summed E-state index contributed by atoms with van der Waals surface area (Å²) in [6.07, 6.45) is 9.29. The molecule has 0 bridgehead atoms. The van der Waals surface area contributed by atoms with Crippen LogP contribution < -0.4 is 4.90 Å². The SMILES string of the molecule is CN(Cc1ccc(N2CCCCC2)cc1)S(=O)(=O)N(C)C1CCCCC1. The second-order valence-corrected chi connectivity index (χ2v) is 9.88. The van der Waals surface area contributed by atoms with Crippen LogP contribution in [0.25, 0.3) is 0 Å². The van der Waals surface area contributed by atoms with E-state index < -0.39 is 10.2 Å². The van der Waals surface area contributed by atoms with Crippen molar-refractivity contribution in [1.29, 1.82) is 0 Å². The Morgan fingerprint density at radius 1 is 0.923 bits per heavy atom. The lowest BCUT2D eigenvalue weighted by molar-refractivity contribution is 0.268. The zero-order chi connectivity index (χ0) is 18.6. The minimum atomic E-state index is -3.41. The van der Waals surface area contributed by atoms with E-state index in [9.17, 15) is 8.42 Å². The summed E-state index contributed by atoms with van der Waals surface area (Å²) in [6.45, 7) is 2.67. The summed E-state index contributed by atoms with van der Waals surface area (Å²) in [5, 5.41) is 0. The van der Waals surface area contributed by atoms with Gasteiger partial charge in [0.1, 0.15) is 0 Å². The molecule has 0 atom stereocenters. The first-order valence-electron chi connectivity index (χ1n) is 10.0. The fraction of sp³-hybridized carbons (Fsp3) is 0.700. The maximum atomic E-state index is 12.9. The maximum absolute atomic E-state index is 12.9. The zero-order valence-electron chi connectivity index (χ0n) is 16.2. The van der Waals surface area contributed by atoms with Gasteiger partial charge in [-0.15, -0.1) is 0 Å². The molecule has 26 heavy (non-hydrogen) atoms. The van der Waals surface area contributed by atoms with Gasteiger partial charge in [-0.2, -0.15) is 17.0 Å². The van der Waals surface area contributed by atoms with E-state index in [1.54, 1.807) is 18.4 Å². The summed E-state index contributed by atoms with van der Waals surface area (Å²) in [6, 6.07) is 8.54. The van der Waals surface area contributed by atoms with Gasteiger partial charge in [-0.1, -0.05) is 31.4 Å². The lowest BCUT2D eigenvalue weighted by Crippen LogP contribution is -2.45. The van der Waals surface area contributed by atoms with Crippen LogP contribution in [0.5, 0.6) is 0 Å². The number of piperidine rings is 1. The second-order valence-electron chi connectivity index (χ2n) is 7.79. The minimum Gasteiger partial charge on any atom is -0.372 e. The van der Waals surface area contributed by atoms with Crippen molar-refractivity contribution in [3.05, 3.63) is 29.8 Å². The average Bonchev–Trinajstić information content (AvgIpc) is 2.69. The maximum Gasteiger partial charge on any atom is 0.282 e. The highest BCUT2D eigenvalue weighted by atomic mass is 32.2. The molecule has 0 spiro atoms. The van der Waals surface area contributed by atoms with Crippen LogP contribution in [0.3, 0.4) is 0 Å². The van der Waals surface area contributed by atoms with Gasteiger partial charge in [0.25, 0.3) is 10.2 Å². The lowest BCUT2D eigenvalue weighted by Gasteiger charge is -2.33. The quantitative estimate of drug-likeness (QED) is 0.758. The molecule has 0 aromatic heterocycles. The molecule has 2 aliphatic rings. The number of hydrogen-bond acceptors (Lipinski definition) is 3. The Morgan fingerprint density at radius 3 is 2.12 bits per heavy atom. The average molecular weight is 380 g/mol. The normalized spacial score (nSPS) is 20.1. The third-order valence-electron chi connectivity index (χ3n) is 5.91. The molecule has 0 radical (unpaired) electrons. The summed E-state index contributed by atoms with van der Waals surface area (Å²) in [7, 11) is 0.0139. The van der Waals surface area contributed by atoms with Crippen LogP contribution in [0.1, 0.15) is 56.9 Å². The summed E-state index contributed by atoms with van der Waals surface area (Å²) < 4.78 is 28.9. The Hall–Kier alpha value is -1.11. The molecule has 1 aliphatic heterocycles. The monoisotopic (exact) mass is 379 g/mol. The van der Waals surface area contributed by atoms with Crippen molar-refractivity contribution in [3.63, 3.8) is 0 Å². The molecule has 0 unspecified atom stereocenters. The predicted octanol–water partition coefficient (Wildman–Crippen LogP) is 3.62. The Bertz CT molecular complexity index is 663. The van der Waals surface area contributed by atoms with Crippen LogP contribution in [-0.4, -0.2) is 50.3 Å². The van der Waals surface area contributed by atoms with Crippen molar-refractivity contribution in [2.75, 3.05) is 32.1 Å². The Labute approximate surface area is 159 Å². The van der Waals surface area contributed by atoms with Gasteiger partial charge in [0.2, 0.25) is 0 Å². The van der Waals surface area contributed by atoms with Crippen LogP contribution >= 0.6 is 0 Å². The third-order valence-corrected chi connectivity index (χ3v) is 7.85. The molecule has 2 fully saturated rings. The Balaban J connectivity index is 1.61. The fourth-order valence-electron chi connectivity index (χ4n) is 4.16. The van der Waals surface area contributed by atoms with Gasteiger partial charge in [0.05, 0.1) is 0 Å². The first-order valence-corrected chi connectivity index (χ1v) is 11.4. The molecule has 5 nitrogen and oxygen atoms in total. The Morgan fingerprint density at radius 2 is 1.50 bits per heavy atom. The van der Waals surface area contributed by atoms with Gasteiger partial charge in [-0.3, -0.25) is 0 Å². The molecular formula is C20H33N3O2S. The van der Waals surface area contributed by atoms with E-state index in [4.69, 9.17) is 0 Å². The number of rotatable bonds is 6. The van der Waals surface area contributed by atoms with E-state index in [0.717, 1.165) is 44.3 Å². The van der Waals surface area contributed by atoms with Crippen molar-refractivity contribution < 1.29 is 8.42 Å². The molecule has 6 heteroatoms. The van der Waals surface area contributed by atoms with Crippen molar-refractivity contribution >= 4 is 15.9 Å². The summed E-state index contributed by atoms with van der Waals surface area (Å²) in [5.74, 6) is 0. The molecule has 146 valence electrons. The molecule has 3 rings (SSSR count). The lowest BCUT2D eigenvalue weighted by atomic mass is 9.96. The molecule has 0 amide bonds. The van der Waals surface area contributed by atoms with Gasteiger partial charge in [0.15, 0.2) is 0 Å². The Kier molecular flexibility index (Phi) is 6.59. The zero-order valence-corrected chi connectivity index (χ0v) is 17.0. The predicted molar refractivity (Wildman–Crippen MR) is 108 cm³/mol. The van der Waals surface area contributed by atoms with Gasteiger partial charge in [0, 0.05) is 45.5 Å². The van der Waals surface area contributed by atoms with Gasteiger partial charge in [-0.25, -0.2) is 0 Å². The van der Waals surface area contributed by atoms with E-state index in [2.05, 4.69) is 29.2 Å². The largest absolute Gasteiger partial charge is 0.372 e. The molecule has 0 N–H and O–H groups in total. The third kappa shape index (κ3) is 4.59. The molecule has 1 aromatic rings. The molecule has 1 saturated carbocycles. The molecule has 1 heterocycles. The van der Waals surface area contributed by atoms with Gasteiger partial charge in [-0.05, 0) is 49.8 Å². The number of nitrogens with zero attached hydrogens (tertiary/aromatic N) is 3. The van der Waals surface area contributed by atoms with Gasteiger partial charge >= 0.3 is 0 Å². The van der Waals surface area contributed by atoms with Crippen LogP contribution in [0.2, 0.25) is 0 Å². The van der Waals surface area contributed by atoms with E-state index >= 15 is 0 Å². The van der Waals surface area contributed by atoms with Crippen molar-refractivity contribution in [1.82, 2.24) is 8.61 Å². The van der Waals surface area contributed by atoms with Gasteiger partial charge < -0.3 is 4.90 Å². The van der Waals surface area contributed by atoms with Crippen LogP contribution in [-0.2, 0) is 16.8 Å². The highest BCUT2D eigenvalue weighted by Crippen LogP contribution is 2.25. The number of hydrogen-bond donors (Lipinski definition) is 0. The van der Waals surface area contributed by atoms with E-state index in [0.29, 0.717) is 6.54 Å². The molecule has 1 aliphatic carbocycles. The summed E-state index contributed by atoms with van der Waals surface area (Å²) >= 11 is 0. The molecule has 1 aromatic carbocycles. The van der Waals surface area contributed by atoms with Crippen molar-refractivity contribution in [2.45, 2.75) is 64.0 Å². The highest BCUT2D eigenvalue weighted by molar-refractivity contribution is 7.86. The second kappa shape index (κ2) is 8.72. The van der Waals surface area contributed by atoms with Crippen LogP contribution in [0.4, 0.5) is 5.69 Å². The topological polar surface area (TPSA) is 43.9 Å². The summed E-state index contributed by atoms with van der Waals surface area (Å²) in [5.41, 5.74) is 2.28. The van der Waals surface area contributed by atoms with Crippen molar-refractivity contribution in [2.24, 2.45) is 0 Å². The first-order chi connectivity index (χ1) is 12.5. The van der Waals surface area contributed by atoms with Crippen LogP contribution in [0, 0.1) is 0 Å².